The number of hydrogen-bond donors (Lipinski definition) is 1. The van der Waals surface area contributed by atoms with Crippen LogP contribution in [0.4, 0.5) is 0 Å². The highest BCUT2D eigenvalue weighted by Crippen LogP contribution is 2.16. The molecule has 1 amide bonds. The summed E-state index contributed by atoms with van der Waals surface area (Å²) in [5.74, 6) is 0.0538. The summed E-state index contributed by atoms with van der Waals surface area (Å²) in [5.41, 5.74) is 1.47. The lowest BCUT2D eigenvalue weighted by Crippen LogP contribution is -2.51. The van der Waals surface area contributed by atoms with E-state index in [1.807, 2.05) is 30.9 Å². The number of carbonyl (C=O) groups excluding carboxylic acids is 1. The highest BCUT2D eigenvalue weighted by Gasteiger charge is 2.30. The number of ether oxygens (including phenoxy) is 1. The van der Waals surface area contributed by atoms with Crippen molar-refractivity contribution in [2.45, 2.75) is 51.9 Å². The highest BCUT2D eigenvalue weighted by molar-refractivity contribution is 7.87. The average molecular weight is 396 g/mol. The molecule has 0 aromatic heterocycles. The van der Waals surface area contributed by atoms with E-state index in [0.29, 0.717) is 18.7 Å². The molecule has 2 aliphatic heterocycles. The maximum atomic E-state index is 12.5. The van der Waals surface area contributed by atoms with Gasteiger partial charge in [0.15, 0.2) is 0 Å². The molecule has 0 radical (unpaired) electrons. The van der Waals surface area contributed by atoms with Gasteiger partial charge in [0.05, 0.1) is 12.2 Å². The van der Waals surface area contributed by atoms with Crippen LogP contribution in [-0.4, -0.2) is 61.9 Å². The smallest absolute Gasteiger partial charge is 0.279 e. The molecular formula is C19H29N3O4S. The van der Waals surface area contributed by atoms with Gasteiger partial charge in [-0.2, -0.15) is 17.4 Å². The summed E-state index contributed by atoms with van der Waals surface area (Å²) in [5, 5.41) is 0. The number of likely N-dealkylation sites (tertiary alicyclic amines) is 1. The predicted octanol–water partition coefficient (Wildman–Crippen LogP) is 1.76. The fraction of sp³-hybridized carbons (Fsp3) is 0.632. The molecule has 1 aromatic carbocycles. The van der Waals surface area contributed by atoms with E-state index in [0.717, 1.165) is 31.5 Å². The monoisotopic (exact) mass is 395 g/mol. The van der Waals surface area contributed by atoms with E-state index in [9.17, 15) is 13.2 Å². The number of hydrogen-bond acceptors (Lipinski definition) is 4. The Kier molecular flexibility index (Phi) is 6.52. The van der Waals surface area contributed by atoms with Gasteiger partial charge in [-0.1, -0.05) is 12.1 Å². The summed E-state index contributed by atoms with van der Waals surface area (Å²) in [6.07, 6.45) is 3.06. The molecule has 8 heteroatoms. The maximum absolute atomic E-state index is 12.5. The minimum atomic E-state index is -3.56. The lowest BCUT2D eigenvalue weighted by Gasteiger charge is -2.34. The lowest BCUT2D eigenvalue weighted by molar-refractivity contribution is -0.0444. The molecule has 0 saturated carbocycles. The molecule has 2 aliphatic rings. The largest absolute Gasteiger partial charge is 0.373 e. The van der Waals surface area contributed by atoms with Gasteiger partial charge >= 0.3 is 0 Å². The predicted molar refractivity (Wildman–Crippen MR) is 104 cm³/mol. The normalized spacial score (nSPS) is 24.7. The van der Waals surface area contributed by atoms with Crippen LogP contribution in [0.25, 0.3) is 0 Å². The van der Waals surface area contributed by atoms with Crippen molar-refractivity contribution < 1.29 is 17.9 Å². The third kappa shape index (κ3) is 5.28. The van der Waals surface area contributed by atoms with Crippen molar-refractivity contribution in [3.63, 3.8) is 0 Å². The van der Waals surface area contributed by atoms with E-state index in [4.69, 9.17) is 4.74 Å². The van der Waals surface area contributed by atoms with Crippen molar-refractivity contribution in [3.8, 4) is 0 Å². The Morgan fingerprint density at radius 3 is 2.26 bits per heavy atom. The number of morpholine rings is 1. The molecular weight excluding hydrogens is 366 g/mol. The third-order valence-corrected chi connectivity index (χ3v) is 6.52. The number of carbonyl (C=O) groups is 1. The van der Waals surface area contributed by atoms with E-state index in [1.165, 1.54) is 10.7 Å². The summed E-state index contributed by atoms with van der Waals surface area (Å²) in [4.78, 5) is 14.4. The molecule has 1 N–H and O–H groups in total. The Hall–Kier alpha value is -1.48. The first-order chi connectivity index (χ1) is 12.8. The Morgan fingerprint density at radius 2 is 1.67 bits per heavy atom. The van der Waals surface area contributed by atoms with Crippen LogP contribution in [0.1, 0.15) is 49.0 Å². The molecule has 2 atom stereocenters. The summed E-state index contributed by atoms with van der Waals surface area (Å²) in [6, 6.07) is 7.17. The quantitative estimate of drug-likeness (QED) is 0.824. The molecule has 2 unspecified atom stereocenters. The van der Waals surface area contributed by atoms with Crippen LogP contribution in [-0.2, 0) is 21.5 Å². The van der Waals surface area contributed by atoms with Crippen LogP contribution in [0, 0.1) is 0 Å². The molecule has 2 fully saturated rings. The molecule has 3 rings (SSSR count). The first-order valence-corrected chi connectivity index (χ1v) is 11.1. The summed E-state index contributed by atoms with van der Waals surface area (Å²) in [6.45, 7) is 6.27. The molecule has 2 saturated heterocycles. The zero-order valence-electron chi connectivity index (χ0n) is 16.1. The number of nitrogens with zero attached hydrogens (tertiary/aromatic N) is 2. The third-order valence-electron chi connectivity index (χ3n) is 5.03. The second-order valence-electron chi connectivity index (χ2n) is 7.45. The van der Waals surface area contributed by atoms with Crippen molar-refractivity contribution in [3.05, 3.63) is 35.4 Å². The summed E-state index contributed by atoms with van der Waals surface area (Å²) >= 11 is 0. The molecule has 7 nitrogen and oxygen atoms in total. The first-order valence-electron chi connectivity index (χ1n) is 9.63. The molecule has 150 valence electrons. The van der Waals surface area contributed by atoms with Crippen LogP contribution < -0.4 is 4.72 Å². The SMILES string of the molecule is CC1CN(S(=O)(=O)NCc2ccc(C(=O)N3CCCCC3)cc2)CC(C)O1. The van der Waals surface area contributed by atoms with Gasteiger partial charge in [-0.15, -0.1) is 0 Å². The minimum Gasteiger partial charge on any atom is -0.373 e. The van der Waals surface area contributed by atoms with Gasteiger partial charge in [0.1, 0.15) is 0 Å². The van der Waals surface area contributed by atoms with Crippen molar-refractivity contribution in [2.75, 3.05) is 26.2 Å². The number of nitrogens with one attached hydrogen (secondary N) is 1. The van der Waals surface area contributed by atoms with Crippen LogP contribution in [0.5, 0.6) is 0 Å². The Labute approximate surface area is 161 Å². The van der Waals surface area contributed by atoms with Gasteiger partial charge in [0, 0.05) is 38.3 Å². The van der Waals surface area contributed by atoms with Gasteiger partial charge in [0.25, 0.3) is 16.1 Å². The zero-order valence-corrected chi connectivity index (χ0v) is 16.9. The van der Waals surface area contributed by atoms with Crippen molar-refractivity contribution in [1.82, 2.24) is 13.9 Å². The number of rotatable bonds is 5. The standard InChI is InChI=1S/C19H29N3O4S/c1-15-13-22(14-16(2)26-15)27(24,25)20-12-17-6-8-18(9-7-17)19(23)21-10-4-3-5-11-21/h6-9,15-16,20H,3-5,10-14H2,1-2H3. The maximum Gasteiger partial charge on any atom is 0.279 e. The molecule has 0 spiro atoms. The second kappa shape index (κ2) is 8.68. The van der Waals surface area contributed by atoms with E-state index in [2.05, 4.69) is 4.72 Å². The van der Waals surface area contributed by atoms with Gasteiger partial charge in [-0.05, 0) is 50.8 Å². The van der Waals surface area contributed by atoms with Crippen LogP contribution in [0.2, 0.25) is 0 Å². The van der Waals surface area contributed by atoms with E-state index < -0.39 is 10.2 Å². The van der Waals surface area contributed by atoms with E-state index >= 15 is 0 Å². The fourth-order valence-electron chi connectivity index (χ4n) is 3.64. The van der Waals surface area contributed by atoms with Gasteiger partial charge in [0.2, 0.25) is 0 Å². The molecule has 0 aliphatic carbocycles. The van der Waals surface area contributed by atoms with Crippen molar-refractivity contribution in [1.29, 1.82) is 0 Å². The van der Waals surface area contributed by atoms with E-state index in [1.54, 1.807) is 12.1 Å². The van der Waals surface area contributed by atoms with E-state index in [-0.39, 0.29) is 24.7 Å². The zero-order chi connectivity index (χ0) is 19.4. The molecule has 2 heterocycles. The topological polar surface area (TPSA) is 79.0 Å². The van der Waals surface area contributed by atoms with Gasteiger partial charge < -0.3 is 9.64 Å². The van der Waals surface area contributed by atoms with Crippen LogP contribution in [0.3, 0.4) is 0 Å². The Bertz CT molecular complexity index is 735. The highest BCUT2D eigenvalue weighted by atomic mass is 32.2. The number of amides is 1. The van der Waals surface area contributed by atoms with Crippen molar-refractivity contribution in [2.24, 2.45) is 0 Å². The average Bonchev–Trinajstić information content (AvgIpc) is 2.66. The number of benzene rings is 1. The van der Waals surface area contributed by atoms with Crippen LogP contribution in [0.15, 0.2) is 24.3 Å². The second-order valence-corrected chi connectivity index (χ2v) is 9.21. The fourth-order valence-corrected chi connectivity index (χ4v) is 4.98. The molecule has 1 aromatic rings. The minimum absolute atomic E-state index is 0.0538. The summed E-state index contributed by atoms with van der Waals surface area (Å²) in [7, 11) is -3.56. The summed E-state index contributed by atoms with van der Waals surface area (Å²) < 4.78 is 34.7. The number of piperidine rings is 1. The van der Waals surface area contributed by atoms with Crippen LogP contribution >= 0.6 is 0 Å². The molecule has 27 heavy (non-hydrogen) atoms. The van der Waals surface area contributed by atoms with Crippen molar-refractivity contribution >= 4 is 16.1 Å². The lowest BCUT2D eigenvalue weighted by atomic mass is 10.1. The molecule has 0 bridgehead atoms. The Morgan fingerprint density at radius 1 is 1.07 bits per heavy atom. The Balaban J connectivity index is 1.57. The first kappa shape index (κ1) is 20.3. The van der Waals surface area contributed by atoms with Gasteiger partial charge in [-0.3, -0.25) is 4.79 Å². The van der Waals surface area contributed by atoms with Gasteiger partial charge in [-0.25, -0.2) is 0 Å².